The molecule has 1 aliphatic carbocycles. The van der Waals surface area contributed by atoms with Gasteiger partial charge in [0.25, 0.3) is 0 Å². The van der Waals surface area contributed by atoms with Gasteiger partial charge in [-0.25, -0.2) is 0 Å². The van der Waals surface area contributed by atoms with Gasteiger partial charge in [0.15, 0.2) is 0 Å². The van der Waals surface area contributed by atoms with Crippen molar-refractivity contribution < 1.29 is 4.79 Å². The number of carbonyl (C=O) groups is 1. The molecule has 1 N–H and O–H groups in total. The molecule has 0 spiro atoms. The van der Waals surface area contributed by atoms with E-state index in [1.807, 2.05) is 0 Å². The number of likely N-dealkylation sites (tertiary alicyclic amines) is 1. The van der Waals surface area contributed by atoms with Crippen LogP contribution in [0.25, 0.3) is 0 Å². The third-order valence-electron chi connectivity index (χ3n) is 5.39. The summed E-state index contributed by atoms with van der Waals surface area (Å²) in [5.41, 5.74) is 0. The molecular formula is C18H34N2O. The second-order valence-corrected chi connectivity index (χ2v) is 7.04. The molecule has 0 aromatic rings. The Morgan fingerprint density at radius 3 is 2.57 bits per heavy atom. The second kappa shape index (κ2) is 8.77. The molecule has 1 amide bonds. The van der Waals surface area contributed by atoms with Gasteiger partial charge < -0.3 is 10.2 Å². The first-order valence-corrected chi connectivity index (χ1v) is 9.26. The molecule has 2 aliphatic rings. The van der Waals surface area contributed by atoms with E-state index in [4.69, 9.17) is 0 Å². The zero-order valence-electron chi connectivity index (χ0n) is 14.1. The van der Waals surface area contributed by atoms with Gasteiger partial charge in [0.05, 0.1) is 0 Å². The van der Waals surface area contributed by atoms with Gasteiger partial charge in [-0.2, -0.15) is 0 Å². The fourth-order valence-corrected chi connectivity index (χ4v) is 4.08. The molecule has 2 fully saturated rings. The van der Waals surface area contributed by atoms with Crippen LogP contribution in [0.1, 0.15) is 71.6 Å². The highest BCUT2D eigenvalue weighted by atomic mass is 16.2. The van der Waals surface area contributed by atoms with E-state index in [-0.39, 0.29) is 0 Å². The van der Waals surface area contributed by atoms with Gasteiger partial charge in [0.2, 0.25) is 5.91 Å². The van der Waals surface area contributed by atoms with Gasteiger partial charge in [-0.3, -0.25) is 4.79 Å². The molecule has 2 rings (SSSR count). The van der Waals surface area contributed by atoms with Gasteiger partial charge in [0.1, 0.15) is 0 Å². The van der Waals surface area contributed by atoms with Crippen molar-refractivity contribution in [2.24, 2.45) is 11.8 Å². The molecule has 3 heteroatoms. The smallest absolute Gasteiger partial charge is 0.225 e. The van der Waals surface area contributed by atoms with E-state index >= 15 is 0 Å². The lowest BCUT2D eigenvalue weighted by atomic mass is 9.79. The van der Waals surface area contributed by atoms with Crippen molar-refractivity contribution in [1.82, 2.24) is 10.2 Å². The summed E-state index contributed by atoms with van der Waals surface area (Å²) < 4.78 is 0. The summed E-state index contributed by atoms with van der Waals surface area (Å²) in [6.07, 6.45) is 11.3. The van der Waals surface area contributed by atoms with Gasteiger partial charge in [-0.1, -0.05) is 33.1 Å². The predicted octanol–water partition coefficient (Wildman–Crippen LogP) is 3.58. The maximum absolute atomic E-state index is 12.7. The minimum atomic E-state index is 0.322. The van der Waals surface area contributed by atoms with Crippen LogP contribution in [0.3, 0.4) is 0 Å². The number of amides is 1. The summed E-state index contributed by atoms with van der Waals surface area (Å²) in [6, 6.07) is 0.522. The number of unbranched alkanes of at least 4 members (excludes halogenated alkanes) is 1. The first kappa shape index (κ1) is 16.8. The van der Waals surface area contributed by atoms with E-state index in [0.29, 0.717) is 17.9 Å². The van der Waals surface area contributed by atoms with Crippen LogP contribution in [0.5, 0.6) is 0 Å². The highest BCUT2D eigenvalue weighted by molar-refractivity contribution is 5.79. The van der Waals surface area contributed by atoms with Crippen molar-refractivity contribution in [2.75, 3.05) is 19.6 Å². The molecule has 122 valence electrons. The molecule has 1 aliphatic heterocycles. The predicted molar refractivity (Wildman–Crippen MR) is 88.3 cm³/mol. The lowest BCUT2D eigenvalue weighted by molar-refractivity contribution is -0.138. The quantitative estimate of drug-likeness (QED) is 0.812. The van der Waals surface area contributed by atoms with Crippen molar-refractivity contribution in [1.29, 1.82) is 0 Å². The minimum absolute atomic E-state index is 0.322. The Balaban J connectivity index is 1.76. The molecular weight excluding hydrogens is 260 g/mol. The summed E-state index contributed by atoms with van der Waals surface area (Å²) in [5, 5.41) is 3.51. The molecule has 0 bridgehead atoms. The van der Waals surface area contributed by atoms with Crippen molar-refractivity contribution in [2.45, 2.75) is 77.7 Å². The van der Waals surface area contributed by atoms with Crippen LogP contribution in [0, 0.1) is 11.8 Å². The molecule has 0 radical (unpaired) electrons. The van der Waals surface area contributed by atoms with E-state index in [2.05, 4.69) is 24.1 Å². The lowest BCUT2D eigenvalue weighted by Gasteiger charge is -2.37. The van der Waals surface area contributed by atoms with Gasteiger partial charge in [-0.05, 0) is 51.0 Å². The van der Waals surface area contributed by atoms with Crippen LogP contribution in [0.4, 0.5) is 0 Å². The zero-order chi connectivity index (χ0) is 15.1. The molecule has 1 unspecified atom stereocenters. The number of nitrogens with zero attached hydrogens (tertiary/aromatic N) is 1. The average Bonchev–Trinajstić information content (AvgIpc) is 2.53. The van der Waals surface area contributed by atoms with Crippen LogP contribution >= 0.6 is 0 Å². The number of hydrogen-bond donors (Lipinski definition) is 1. The number of likely N-dealkylation sites (N-methyl/N-ethyl adjacent to an activating group) is 1. The number of nitrogens with one attached hydrogen (secondary N) is 1. The molecule has 0 aromatic carbocycles. The normalized spacial score (nSPS) is 30.4. The number of carbonyl (C=O) groups excluding carboxylic acids is 1. The second-order valence-electron chi connectivity index (χ2n) is 7.04. The maximum atomic E-state index is 12.7. The molecule has 3 nitrogen and oxygen atoms in total. The average molecular weight is 294 g/mol. The van der Waals surface area contributed by atoms with Gasteiger partial charge in [0, 0.05) is 25.0 Å². The number of piperidine rings is 1. The van der Waals surface area contributed by atoms with Crippen molar-refractivity contribution in [3.8, 4) is 0 Å². The summed E-state index contributed by atoms with van der Waals surface area (Å²) in [4.78, 5) is 14.9. The molecule has 1 atom stereocenters. The van der Waals surface area contributed by atoms with Crippen LogP contribution in [-0.2, 0) is 4.79 Å². The Labute approximate surface area is 130 Å². The minimum Gasteiger partial charge on any atom is -0.341 e. The summed E-state index contributed by atoms with van der Waals surface area (Å²) in [7, 11) is 0. The third-order valence-corrected chi connectivity index (χ3v) is 5.39. The topological polar surface area (TPSA) is 32.3 Å². The fraction of sp³-hybridized carbons (Fsp3) is 0.944. The Kier molecular flexibility index (Phi) is 7.01. The van der Waals surface area contributed by atoms with E-state index in [1.54, 1.807) is 0 Å². The first-order chi connectivity index (χ1) is 10.2. The molecule has 21 heavy (non-hydrogen) atoms. The van der Waals surface area contributed by atoms with E-state index in [0.717, 1.165) is 44.8 Å². The summed E-state index contributed by atoms with van der Waals surface area (Å²) >= 11 is 0. The van der Waals surface area contributed by atoms with Crippen molar-refractivity contribution >= 4 is 5.91 Å². The molecule has 0 aromatic heterocycles. The molecule has 1 heterocycles. The number of rotatable bonds is 6. The van der Waals surface area contributed by atoms with Crippen molar-refractivity contribution in [3.05, 3.63) is 0 Å². The maximum Gasteiger partial charge on any atom is 0.225 e. The summed E-state index contributed by atoms with van der Waals surface area (Å²) in [5.74, 6) is 1.67. The van der Waals surface area contributed by atoms with Crippen LogP contribution in [0.2, 0.25) is 0 Å². The third kappa shape index (κ3) is 4.98. The van der Waals surface area contributed by atoms with E-state index < -0.39 is 0 Å². The standard InChI is InChI=1S/C18H34N2O/c1-3-5-7-15-9-11-16(12-10-15)18(21)20-13-6-8-17(14-20)19-4-2/h15-17,19H,3-14H2,1-2H3. The lowest BCUT2D eigenvalue weighted by Crippen LogP contribution is -2.49. The van der Waals surface area contributed by atoms with Crippen LogP contribution < -0.4 is 5.32 Å². The Hall–Kier alpha value is -0.570. The van der Waals surface area contributed by atoms with Crippen LogP contribution in [0.15, 0.2) is 0 Å². The van der Waals surface area contributed by atoms with Gasteiger partial charge in [-0.15, -0.1) is 0 Å². The molecule has 1 saturated carbocycles. The Morgan fingerprint density at radius 1 is 1.14 bits per heavy atom. The van der Waals surface area contributed by atoms with E-state index in [9.17, 15) is 4.79 Å². The van der Waals surface area contributed by atoms with E-state index in [1.165, 1.54) is 38.5 Å². The highest BCUT2D eigenvalue weighted by Crippen LogP contribution is 2.33. The SMILES string of the molecule is CCCCC1CCC(C(=O)N2CCCC(NCC)C2)CC1. The van der Waals surface area contributed by atoms with Crippen molar-refractivity contribution in [3.63, 3.8) is 0 Å². The summed E-state index contributed by atoms with van der Waals surface area (Å²) in [6.45, 7) is 7.35. The van der Waals surface area contributed by atoms with Crippen LogP contribution in [-0.4, -0.2) is 36.5 Å². The highest BCUT2D eigenvalue weighted by Gasteiger charge is 2.31. The Bertz CT molecular complexity index is 308. The fourth-order valence-electron chi connectivity index (χ4n) is 4.08. The molecule has 1 saturated heterocycles. The number of hydrogen-bond acceptors (Lipinski definition) is 2. The first-order valence-electron chi connectivity index (χ1n) is 9.26. The monoisotopic (exact) mass is 294 g/mol. The largest absolute Gasteiger partial charge is 0.341 e. The zero-order valence-corrected chi connectivity index (χ0v) is 14.1. The Morgan fingerprint density at radius 2 is 1.90 bits per heavy atom. The van der Waals surface area contributed by atoms with Gasteiger partial charge >= 0.3 is 0 Å².